The maximum Gasteiger partial charge on any atom is 0.419 e. The molecule has 5 nitrogen and oxygen atoms in total. The molecule has 0 aliphatic rings. The van der Waals surface area contributed by atoms with Crippen molar-refractivity contribution >= 4 is 11.1 Å². The Balaban J connectivity index is 2.06. The second kappa shape index (κ2) is 5.26. The molecule has 1 unspecified atom stereocenters. The lowest BCUT2D eigenvalue weighted by Crippen LogP contribution is -2.13. The van der Waals surface area contributed by atoms with E-state index in [0.29, 0.717) is 12.1 Å². The van der Waals surface area contributed by atoms with E-state index in [1.165, 1.54) is 0 Å². The molecule has 0 amide bonds. The van der Waals surface area contributed by atoms with Crippen LogP contribution in [0.4, 0.5) is 0 Å². The van der Waals surface area contributed by atoms with Crippen LogP contribution in [0, 0.1) is 6.92 Å². The fourth-order valence-corrected chi connectivity index (χ4v) is 2.61. The second-order valence-corrected chi connectivity index (χ2v) is 5.16. The van der Waals surface area contributed by atoms with E-state index in [1.807, 2.05) is 38.1 Å². The van der Waals surface area contributed by atoms with Crippen LogP contribution >= 0.6 is 0 Å². The average Bonchev–Trinajstić information content (AvgIpc) is 3.02. The third kappa shape index (κ3) is 2.29. The van der Waals surface area contributed by atoms with Crippen LogP contribution in [0.5, 0.6) is 0 Å². The van der Waals surface area contributed by atoms with Crippen LogP contribution in [0.1, 0.15) is 36.3 Å². The Morgan fingerprint density at radius 3 is 2.81 bits per heavy atom. The normalized spacial score (nSPS) is 12.9. The van der Waals surface area contributed by atoms with Crippen LogP contribution in [0.15, 0.2) is 44.2 Å². The second-order valence-electron chi connectivity index (χ2n) is 5.16. The van der Waals surface area contributed by atoms with Gasteiger partial charge in [0.1, 0.15) is 5.76 Å². The van der Waals surface area contributed by atoms with Crippen LogP contribution in [-0.2, 0) is 6.54 Å². The fourth-order valence-electron chi connectivity index (χ4n) is 2.61. The zero-order chi connectivity index (χ0) is 15.0. The number of fused-ring (bicyclic) bond motifs is 1. The van der Waals surface area contributed by atoms with Gasteiger partial charge in [0.2, 0.25) is 0 Å². The maximum atomic E-state index is 11.8. The van der Waals surface area contributed by atoms with Gasteiger partial charge in [-0.2, -0.15) is 0 Å². The summed E-state index contributed by atoms with van der Waals surface area (Å²) in [5.41, 5.74) is 9.48. The van der Waals surface area contributed by atoms with Gasteiger partial charge < -0.3 is 14.6 Å². The first-order valence-corrected chi connectivity index (χ1v) is 7.04. The van der Waals surface area contributed by atoms with E-state index in [0.717, 1.165) is 28.8 Å². The summed E-state index contributed by atoms with van der Waals surface area (Å²) in [5.74, 6) is 0.477. The number of aromatic nitrogens is 1. The van der Waals surface area contributed by atoms with Crippen molar-refractivity contribution in [3.05, 3.63) is 58.0 Å². The van der Waals surface area contributed by atoms with Gasteiger partial charge in [0.05, 0.1) is 17.8 Å². The zero-order valence-corrected chi connectivity index (χ0v) is 12.1. The SMILES string of the molecule is CCCn1c(=O)oc2cc(C(N)c3ccoc3C)ccc21. The third-order valence-electron chi connectivity index (χ3n) is 3.73. The van der Waals surface area contributed by atoms with Gasteiger partial charge in [-0.05, 0) is 37.1 Å². The molecule has 0 radical (unpaired) electrons. The molecule has 0 bridgehead atoms. The first kappa shape index (κ1) is 13.7. The highest BCUT2D eigenvalue weighted by atomic mass is 16.4. The minimum atomic E-state index is -0.322. The molecule has 0 saturated heterocycles. The molecule has 2 aromatic heterocycles. The first-order chi connectivity index (χ1) is 10.1. The fraction of sp³-hybridized carbons (Fsp3) is 0.312. The Bertz CT molecular complexity index is 826. The Morgan fingerprint density at radius 2 is 2.14 bits per heavy atom. The molecule has 2 N–H and O–H groups in total. The molecule has 21 heavy (non-hydrogen) atoms. The topological polar surface area (TPSA) is 74.3 Å². The van der Waals surface area contributed by atoms with Crippen molar-refractivity contribution in [2.45, 2.75) is 32.9 Å². The molecule has 110 valence electrons. The molecule has 3 aromatic rings. The van der Waals surface area contributed by atoms with Crippen molar-refractivity contribution < 1.29 is 8.83 Å². The Hall–Kier alpha value is -2.27. The highest BCUT2D eigenvalue weighted by Gasteiger charge is 2.16. The van der Waals surface area contributed by atoms with Crippen molar-refractivity contribution in [1.29, 1.82) is 0 Å². The van der Waals surface area contributed by atoms with E-state index in [9.17, 15) is 4.79 Å². The predicted octanol–water partition coefficient (Wildman–Crippen LogP) is 2.95. The first-order valence-electron chi connectivity index (χ1n) is 7.04. The molecule has 0 spiro atoms. The zero-order valence-electron chi connectivity index (χ0n) is 12.1. The van der Waals surface area contributed by atoms with E-state index in [2.05, 4.69) is 0 Å². The van der Waals surface area contributed by atoms with Gasteiger partial charge in [-0.15, -0.1) is 0 Å². The van der Waals surface area contributed by atoms with Gasteiger partial charge in [0.15, 0.2) is 5.58 Å². The number of nitrogens with two attached hydrogens (primary N) is 1. The summed E-state index contributed by atoms with van der Waals surface area (Å²) in [5, 5.41) is 0. The van der Waals surface area contributed by atoms with Gasteiger partial charge in [-0.1, -0.05) is 13.0 Å². The molecular formula is C16H18N2O3. The largest absolute Gasteiger partial charge is 0.469 e. The summed E-state index contributed by atoms with van der Waals surface area (Å²) in [6, 6.07) is 7.22. The van der Waals surface area contributed by atoms with E-state index < -0.39 is 0 Å². The lowest BCUT2D eigenvalue weighted by atomic mass is 10.00. The van der Waals surface area contributed by atoms with Crippen molar-refractivity contribution in [2.75, 3.05) is 0 Å². The molecule has 0 saturated carbocycles. The van der Waals surface area contributed by atoms with E-state index in [4.69, 9.17) is 14.6 Å². The summed E-state index contributed by atoms with van der Waals surface area (Å²) >= 11 is 0. The molecule has 2 heterocycles. The quantitative estimate of drug-likeness (QED) is 0.800. The number of hydrogen-bond acceptors (Lipinski definition) is 4. The summed E-state index contributed by atoms with van der Waals surface area (Å²) in [4.78, 5) is 11.8. The van der Waals surface area contributed by atoms with Crippen LogP contribution in [-0.4, -0.2) is 4.57 Å². The van der Waals surface area contributed by atoms with Crippen LogP contribution < -0.4 is 11.5 Å². The van der Waals surface area contributed by atoms with E-state index >= 15 is 0 Å². The van der Waals surface area contributed by atoms with E-state index in [1.54, 1.807) is 10.8 Å². The molecule has 0 aliphatic heterocycles. The minimum Gasteiger partial charge on any atom is -0.469 e. The van der Waals surface area contributed by atoms with Crippen molar-refractivity contribution in [3.8, 4) is 0 Å². The van der Waals surface area contributed by atoms with Gasteiger partial charge in [-0.25, -0.2) is 4.79 Å². The molecule has 5 heteroatoms. The maximum absolute atomic E-state index is 11.8. The minimum absolute atomic E-state index is 0.298. The van der Waals surface area contributed by atoms with Gasteiger partial charge in [0.25, 0.3) is 0 Å². The highest BCUT2D eigenvalue weighted by Crippen LogP contribution is 2.26. The summed E-state index contributed by atoms with van der Waals surface area (Å²) in [6.45, 7) is 4.56. The lowest BCUT2D eigenvalue weighted by molar-refractivity contribution is 0.502. The number of rotatable bonds is 4. The van der Waals surface area contributed by atoms with Crippen LogP contribution in [0.3, 0.4) is 0 Å². The molecule has 0 fully saturated rings. The van der Waals surface area contributed by atoms with Crippen molar-refractivity contribution in [2.24, 2.45) is 5.73 Å². The lowest BCUT2D eigenvalue weighted by Gasteiger charge is -2.11. The third-order valence-corrected chi connectivity index (χ3v) is 3.73. The molecule has 3 rings (SSSR count). The molecule has 1 aromatic carbocycles. The number of oxazole rings is 1. The standard InChI is InChI=1S/C16H18N2O3/c1-3-7-18-13-5-4-11(9-14(13)21-16(18)19)15(17)12-6-8-20-10(12)2/h4-6,8-9,15H,3,7,17H2,1-2H3. The Kier molecular flexibility index (Phi) is 3.43. The smallest absolute Gasteiger partial charge is 0.419 e. The Morgan fingerprint density at radius 1 is 1.33 bits per heavy atom. The molecule has 0 aliphatic carbocycles. The highest BCUT2D eigenvalue weighted by molar-refractivity contribution is 5.74. The van der Waals surface area contributed by atoms with Gasteiger partial charge >= 0.3 is 5.76 Å². The number of hydrogen-bond donors (Lipinski definition) is 1. The Labute approximate surface area is 122 Å². The van der Waals surface area contributed by atoms with E-state index in [-0.39, 0.29) is 11.8 Å². The van der Waals surface area contributed by atoms with Crippen LogP contribution in [0.2, 0.25) is 0 Å². The number of benzene rings is 1. The number of nitrogens with zero attached hydrogens (tertiary/aromatic N) is 1. The van der Waals surface area contributed by atoms with Gasteiger partial charge in [-0.3, -0.25) is 4.57 Å². The molecular weight excluding hydrogens is 268 g/mol. The monoisotopic (exact) mass is 286 g/mol. The summed E-state index contributed by atoms with van der Waals surface area (Å²) in [7, 11) is 0. The van der Waals surface area contributed by atoms with Crippen LogP contribution in [0.25, 0.3) is 11.1 Å². The summed E-state index contributed by atoms with van der Waals surface area (Å²) in [6.07, 6.45) is 2.50. The summed E-state index contributed by atoms with van der Waals surface area (Å²) < 4.78 is 12.3. The number of aryl methyl sites for hydroxylation is 2. The average molecular weight is 286 g/mol. The predicted molar refractivity (Wildman–Crippen MR) is 80.2 cm³/mol. The van der Waals surface area contributed by atoms with Gasteiger partial charge in [0, 0.05) is 12.1 Å². The number of furan rings is 1. The molecule has 1 atom stereocenters. The van der Waals surface area contributed by atoms with Crippen molar-refractivity contribution in [3.63, 3.8) is 0 Å². The van der Waals surface area contributed by atoms with Crippen molar-refractivity contribution in [1.82, 2.24) is 4.57 Å².